The summed E-state index contributed by atoms with van der Waals surface area (Å²) in [5, 5.41) is 13.4. The van der Waals surface area contributed by atoms with Crippen LogP contribution in [-0.4, -0.2) is 26.1 Å². The minimum atomic E-state index is -4.58. The van der Waals surface area contributed by atoms with Gasteiger partial charge in [-0.3, -0.25) is 19.5 Å². The predicted molar refractivity (Wildman–Crippen MR) is 101 cm³/mol. The second-order valence-corrected chi connectivity index (χ2v) is 6.68. The molecule has 0 radical (unpaired) electrons. The van der Waals surface area contributed by atoms with Crippen molar-refractivity contribution in [3.05, 3.63) is 76.6 Å². The average Bonchev–Trinajstić information content (AvgIpc) is 3.14. The van der Waals surface area contributed by atoms with Crippen LogP contribution in [0.15, 0.2) is 66.1 Å². The Morgan fingerprint density at radius 1 is 1.17 bits per heavy atom. The highest BCUT2D eigenvalue weighted by atomic mass is 32.2. The van der Waals surface area contributed by atoms with E-state index < -0.39 is 22.6 Å². The molecule has 1 amide bonds. The fourth-order valence-electron chi connectivity index (χ4n) is 2.48. The fraction of sp³-hybridized carbons (Fsp3) is 0.111. The second-order valence-electron chi connectivity index (χ2n) is 5.73. The summed E-state index contributed by atoms with van der Waals surface area (Å²) >= 11 is 1.02. The van der Waals surface area contributed by atoms with Gasteiger partial charge in [-0.2, -0.15) is 13.2 Å². The average molecular weight is 422 g/mol. The molecule has 1 aromatic heterocycles. The van der Waals surface area contributed by atoms with Crippen molar-refractivity contribution in [2.75, 3.05) is 11.1 Å². The molecule has 150 valence electrons. The van der Waals surface area contributed by atoms with Crippen molar-refractivity contribution in [3.8, 4) is 5.69 Å². The third-order valence-corrected chi connectivity index (χ3v) is 4.75. The zero-order chi connectivity index (χ0) is 21.0. The number of carbonyl (C=O) groups excluding carboxylic acids is 1. The van der Waals surface area contributed by atoms with Gasteiger partial charge in [0.2, 0.25) is 5.91 Å². The molecule has 1 heterocycles. The number of hydrogen-bond donors (Lipinski definition) is 1. The SMILES string of the molecule is O=C(CSc1nccn1-c1ccc([N+](=O)[O-])cc1)Nc1ccccc1C(F)(F)F. The van der Waals surface area contributed by atoms with Gasteiger partial charge in [-0.1, -0.05) is 23.9 Å². The van der Waals surface area contributed by atoms with Crippen molar-refractivity contribution in [3.63, 3.8) is 0 Å². The largest absolute Gasteiger partial charge is 0.418 e. The van der Waals surface area contributed by atoms with E-state index in [0.29, 0.717) is 10.8 Å². The van der Waals surface area contributed by atoms with Crippen LogP contribution in [0.5, 0.6) is 0 Å². The molecule has 0 spiro atoms. The number of rotatable bonds is 6. The first-order valence-electron chi connectivity index (χ1n) is 8.13. The highest BCUT2D eigenvalue weighted by Crippen LogP contribution is 2.34. The molecular formula is C18H13F3N4O3S. The summed E-state index contributed by atoms with van der Waals surface area (Å²) in [5.41, 5.74) is -0.709. The van der Waals surface area contributed by atoms with Crippen LogP contribution in [0.4, 0.5) is 24.5 Å². The number of nitrogens with zero attached hydrogens (tertiary/aromatic N) is 3. The molecule has 0 aliphatic rings. The van der Waals surface area contributed by atoms with Gasteiger partial charge >= 0.3 is 6.18 Å². The molecule has 0 atom stereocenters. The minimum absolute atomic E-state index is 0.0641. The molecule has 0 bridgehead atoms. The Bertz CT molecular complexity index is 1040. The molecule has 0 aliphatic carbocycles. The maximum atomic E-state index is 13.0. The van der Waals surface area contributed by atoms with E-state index >= 15 is 0 Å². The molecule has 11 heteroatoms. The van der Waals surface area contributed by atoms with Crippen LogP contribution in [0, 0.1) is 10.1 Å². The van der Waals surface area contributed by atoms with Crippen molar-refractivity contribution >= 4 is 29.0 Å². The number of nitro groups is 1. The number of imidazole rings is 1. The number of alkyl halides is 3. The Morgan fingerprint density at radius 3 is 2.52 bits per heavy atom. The monoisotopic (exact) mass is 422 g/mol. The summed E-state index contributed by atoms with van der Waals surface area (Å²) in [7, 11) is 0. The third kappa shape index (κ3) is 4.93. The summed E-state index contributed by atoms with van der Waals surface area (Å²) < 4.78 is 40.7. The van der Waals surface area contributed by atoms with Crippen LogP contribution in [0.25, 0.3) is 5.69 Å². The van der Waals surface area contributed by atoms with Crippen LogP contribution >= 0.6 is 11.8 Å². The standard InChI is InChI=1S/C18H13F3N4O3S/c19-18(20,21)14-3-1-2-4-15(14)23-16(26)11-29-17-22-9-10-24(17)12-5-7-13(8-6-12)25(27)28/h1-10H,11H2,(H,23,26). The molecule has 0 unspecified atom stereocenters. The second kappa shape index (κ2) is 8.35. The highest BCUT2D eigenvalue weighted by molar-refractivity contribution is 7.99. The zero-order valence-electron chi connectivity index (χ0n) is 14.6. The van der Waals surface area contributed by atoms with E-state index in [-0.39, 0.29) is 17.1 Å². The van der Waals surface area contributed by atoms with Crippen LogP contribution in [-0.2, 0) is 11.0 Å². The number of amides is 1. The Labute approximate surface area is 166 Å². The van der Waals surface area contributed by atoms with Crippen LogP contribution in [0.2, 0.25) is 0 Å². The summed E-state index contributed by atoms with van der Waals surface area (Å²) in [5.74, 6) is -0.791. The van der Waals surface area contributed by atoms with Gasteiger partial charge < -0.3 is 5.32 Å². The third-order valence-electron chi connectivity index (χ3n) is 3.78. The van der Waals surface area contributed by atoms with Crippen molar-refractivity contribution in [2.24, 2.45) is 0 Å². The van der Waals surface area contributed by atoms with Gasteiger partial charge in [-0.25, -0.2) is 4.98 Å². The lowest BCUT2D eigenvalue weighted by atomic mass is 10.1. The summed E-state index contributed by atoms with van der Waals surface area (Å²) in [4.78, 5) is 26.5. The molecule has 0 saturated carbocycles. The smallest absolute Gasteiger partial charge is 0.325 e. The normalized spacial score (nSPS) is 11.3. The van der Waals surface area contributed by atoms with E-state index in [9.17, 15) is 28.1 Å². The van der Waals surface area contributed by atoms with Crippen molar-refractivity contribution in [1.82, 2.24) is 9.55 Å². The number of aromatic nitrogens is 2. The van der Waals surface area contributed by atoms with Gasteiger partial charge in [-0.05, 0) is 24.3 Å². The first-order valence-corrected chi connectivity index (χ1v) is 9.11. The van der Waals surface area contributed by atoms with Crippen LogP contribution in [0.1, 0.15) is 5.56 Å². The summed E-state index contributed by atoms with van der Waals surface area (Å²) in [6.07, 6.45) is -1.48. The summed E-state index contributed by atoms with van der Waals surface area (Å²) in [6, 6.07) is 10.5. The van der Waals surface area contributed by atoms with Crippen molar-refractivity contribution in [1.29, 1.82) is 0 Å². The number of thioether (sulfide) groups is 1. The minimum Gasteiger partial charge on any atom is -0.325 e. The molecule has 29 heavy (non-hydrogen) atoms. The topological polar surface area (TPSA) is 90.1 Å². The Kier molecular flexibility index (Phi) is 5.87. The molecule has 0 saturated heterocycles. The lowest BCUT2D eigenvalue weighted by Gasteiger charge is -2.13. The fourth-order valence-corrected chi connectivity index (χ4v) is 3.26. The first-order chi connectivity index (χ1) is 13.8. The van der Waals surface area contributed by atoms with Gasteiger partial charge in [0.25, 0.3) is 5.69 Å². The molecular weight excluding hydrogens is 409 g/mol. The number of hydrogen-bond acceptors (Lipinski definition) is 5. The Hall–Kier alpha value is -3.34. The summed E-state index contributed by atoms with van der Waals surface area (Å²) in [6.45, 7) is 0. The number of non-ortho nitro benzene ring substituents is 1. The number of halogens is 3. The molecule has 1 N–H and O–H groups in total. The molecule has 3 aromatic rings. The van der Waals surface area contributed by atoms with Crippen LogP contribution in [0.3, 0.4) is 0 Å². The zero-order valence-corrected chi connectivity index (χ0v) is 15.4. The van der Waals surface area contributed by atoms with E-state index in [4.69, 9.17) is 0 Å². The van der Waals surface area contributed by atoms with Crippen molar-refractivity contribution in [2.45, 2.75) is 11.3 Å². The number of benzene rings is 2. The molecule has 0 fully saturated rings. The van der Waals surface area contributed by atoms with E-state index in [1.54, 1.807) is 10.8 Å². The quantitative estimate of drug-likeness (QED) is 0.358. The molecule has 0 aliphatic heterocycles. The Balaban J connectivity index is 1.68. The number of para-hydroxylation sites is 1. The number of nitro benzene ring substituents is 1. The number of anilines is 1. The lowest BCUT2D eigenvalue weighted by molar-refractivity contribution is -0.384. The number of nitrogens with one attached hydrogen (secondary N) is 1. The maximum absolute atomic E-state index is 13.0. The van der Waals surface area contributed by atoms with E-state index in [1.165, 1.54) is 48.7 Å². The Morgan fingerprint density at radius 2 is 1.86 bits per heavy atom. The van der Waals surface area contributed by atoms with Gasteiger partial charge in [0.05, 0.1) is 21.9 Å². The molecule has 3 rings (SSSR count). The number of carbonyl (C=O) groups is 1. The maximum Gasteiger partial charge on any atom is 0.418 e. The van der Waals surface area contributed by atoms with E-state index in [0.717, 1.165) is 17.8 Å². The first kappa shape index (κ1) is 20.4. The van der Waals surface area contributed by atoms with Crippen molar-refractivity contribution < 1.29 is 22.9 Å². The van der Waals surface area contributed by atoms with Gasteiger partial charge in [0.15, 0.2) is 5.16 Å². The molecule has 7 nitrogen and oxygen atoms in total. The van der Waals surface area contributed by atoms with Gasteiger partial charge in [0, 0.05) is 30.2 Å². The van der Waals surface area contributed by atoms with E-state index in [1.807, 2.05) is 0 Å². The van der Waals surface area contributed by atoms with Gasteiger partial charge in [-0.15, -0.1) is 0 Å². The van der Waals surface area contributed by atoms with Gasteiger partial charge in [0.1, 0.15) is 0 Å². The van der Waals surface area contributed by atoms with Crippen LogP contribution < -0.4 is 5.32 Å². The molecule has 2 aromatic carbocycles. The van der Waals surface area contributed by atoms with E-state index in [2.05, 4.69) is 10.3 Å². The predicted octanol–water partition coefficient (Wildman–Crippen LogP) is 4.53. The highest BCUT2D eigenvalue weighted by Gasteiger charge is 2.33. The lowest BCUT2D eigenvalue weighted by Crippen LogP contribution is -2.18.